The average molecular weight is 220 g/mol. The lowest BCUT2D eigenvalue weighted by atomic mass is 10.1. The van der Waals surface area contributed by atoms with Crippen molar-refractivity contribution in [2.24, 2.45) is 5.73 Å². The van der Waals surface area contributed by atoms with Gasteiger partial charge in [0, 0.05) is 12.2 Å². The highest BCUT2D eigenvalue weighted by Crippen LogP contribution is 2.16. The summed E-state index contributed by atoms with van der Waals surface area (Å²) in [5.74, 6) is -0.00407. The van der Waals surface area contributed by atoms with Crippen molar-refractivity contribution in [1.82, 2.24) is 0 Å². The molecular weight excluding hydrogens is 200 g/mol. The molecule has 0 aliphatic carbocycles. The number of aryl methyl sites for hydroxylation is 1. The van der Waals surface area contributed by atoms with Crippen LogP contribution in [0.2, 0.25) is 0 Å². The number of carbonyl (C=O) groups is 1. The topological polar surface area (TPSA) is 46.3 Å². The Balaban J connectivity index is 2.94. The molecule has 0 radical (unpaired) electrons. The van der Waals surface area contributed by atoms with Gasteiger partial charge in [-0.1, -0.05) is 19.1 Å². The SMILES string of the molecule is CC[C@H](N)C(=O)N(CC)c1cccc(C)c1. The van der Waals surface area contributed by atoms with Crippen LogP contribution < -0.4 is 10.6 Å². The molecule has 3 heteroatoms. The van der Waals surface area contributed by atoms with Crippen LogP contribution in [0.25, 0.3) is 0 Å². The van der Waals surface area contributed by atoms with Crippen LogP contribution in [0.3, 0.4) is 0 Å². The van der Waals surface area contributed by atoms with Gasteiger partial charge < -0.3 is 10.6 Å². The Labute approximate surface area is 97.2 Å². The maximum Gasteiger partial charge on any atom is 0.243 e. The van der Waals surface area contributed by atoms with Gasteiger partial charge in [-0.05, 0) is 38.0 Å². The molecule has 0 fully saturated rings. The zero-order valence-electron chi connectivity index (χ0n) is 10.2. The van der Waals surface area contributed by atoms with Crippen LogP contribution in [0.4, 0.5) is 5.69 Å². The molecule has 0 bridgehead atoms. The third-order valence-corrected chi connectivity index (χ3v) is 2.65. The molecule has 0 aliphatic heterocycles. The number of nitrogens with two attached hydrogens (primary N) is 1. The lowest BCUT2D eigenvalue weighted by Gasteiger charge is -2.24. The van der Waals surface area contributed by atoms with E-state index >= 15 is 0 Å². The molecule has 0 saturated carbocycles. The molecule has 0 saturated heterocycles. The monoisotopic (exact) mass is 220 g/mol. The summed E-state index contributed by atoms with van der Waals surface area (Å²) in [4.78, 5) is 13.8. The van der Waals surface area contributed by atoms with Crippen molar-refractivity contribution in [3.63, 3.8) is 0 Å². The van der Waals surface area contributed by atoms with E-state index in [1.165, 1.54) is 0 Å². The van der Waals surface area contributed by atoms with Gasteiger partial charge in [-0.3, -0.25) is 4.79 Å². The third kappa shape index (κ3) is 2.83. The highest BCUT2D eigenvalue weighted by Gasteiger charge is 2.19. The van der Waals surface area contributed by atoms with E-state index in [0.29, 0.717) is 13.0 Å². The number of benzene rings is 1. The van der Waals surface area contributed by atoms with Crippen LogP contribution in [0, 0.1) is 6.92 Å². The van der Waals surface area contributed by atoms with Crippen LogP contribution in [-0.2, 0) is 4.79 Å². The highest BCUT2D eigenvalue weighted by atomic mass is 16.2. The lowest BCUT2D eigenvalue weighted by molar-refractivity contribution is -0.119. The molecule has 1 amide bonds. The molecule has 1 atom stereocenters. The summed E-state index contributed by atoms with van der Waals surface area (Å²) in [5, 5.41) is 0. The van der Waals surface area contributed by atoms with Crippen molar-refractivity contribution in [1.29, 1.82) is 0 Å². The molecule has 3 nitrogen and oxygen atoms in total. The van der Waals surface area contributed by atoms with E-state index in [1.807, 2.05) is 45.0 Å². The minimum absolute atomic E-state index is 0.00407. The number of hydrogen-bond acceptors (Lipinski definition) is 2. The zero-order chi connectivity index (χ0) is 12.1. The molecule has 0 heterocycles. The highest BCUT2D eigenvalue weighted by molar-refractivity contribution is 5.97. The smallest absolute Gasteiger partial charge is 0.243 e. The first-order chi connectivity index (χ1) is 7.60. The number of anilines is 1. The van der Waals surface area contributed by atoms with Gasteiger partial charge in [-0.15, -0.1) is 0 Å². The first-order valence-corrected chi connectivity index (χ1v) is 5.73. The standard InChI is InChI=1S/C13H20N2O/c1-4-12(14)13(16)15(5-2)11-8-6-7-10(3)9-11/h6-9,12H,4-5,14H2,1-3H3/t12-/m0/s1. The second kappa shape index (κ2) is 5.66. The number of amides is 1. The van der Waals surface area contributed by atoms with Gasteiger partial charge in [0.25, 0.3) is 0 Å². The van der Waals surface area contributed by atoms with E-state index in [-0.39, 0.29) is 5.91 Å². The van der Waals surface area contributed by atoms with E-state index in [9.17, 15) is 4.79 Å². The van der Waals surface area contributed by atoms with Gasteiger partial charge in [0.15, 0.2) is 0 Å². The molecule has 0 aliphatic rings. The molecule has 88 valence electrons. The minimum atomic E-state index is -0.402. The van der Waals surface area contributed by atoms with E-state index in [2.05, 4.69) is 0 Å². The predicted octanol–water partition coefficient (Wildman–Crippen LogP) is 2.09. The summed E-state index contributed by atoms with van der Waals surface area (Å²) in [5.41, 5.74) is 7.85. The van der Waals surface area contributed by atoms with Crippen LogP contribution in [0.15, 0.2) is 24.3 Å². The summed E-state index contributed by atoms with van der Waals surface area (Å²) in [7, 11) is 0. The zero-order valence-corrected chi connectivity index (χ0v) is 10.2. The number of likely N-dealkylation sites (N-methyl/N-ethyl adjacent to an activating group) is 1. The number of hydrogen-bond donors (Lipinski definition) is 1. The second-order valence-corrected chi connectivity index (χ2v) is 3.94. The van der Waals surface area contributed by atoms with Crippen molar-refractivity contribution in [2.75, 3.05) is 11.4 Å². The maximum absolute atomic E-state index is 12.0. The first-order valence-electron chi connectivity index (χ1n) is 5.73. The third-order valence-electron chi connectivity index (χ3n) is 2.65. The predicted molar refractivity (Wildman–Crippen MR) is 67.5 cm³/mol. The Kier molecular flexibility index (Phi) is 4.50. The molecule has 16 heavy (non-hydrogen) atoms. The van der Waals surface area contributed by atoms with E-state index < -0.39 is 6.04 Å². The van der Waals surface area contributed by atoms with Crippen LogP contribution in [0.1, 0.15) is 25.8 Å². The molecule has 1 aromatic carbocycles. The van der Waals surface area contributed by atoms with Crippen LogP contribution in [-0.4, -0.2) is 18.5 Å². The Morgan fingerprint density at radius 2 is 2.12 bits per heavy atom. The molecule has 2 N–H and O–H groups in total. The summed E-state index contributed by atoms with van der Waals surface area (Å²) >= 11 is 0. The van der Waals surface area contributed by atoms with Gasteiger partial charge in [0.1, 0.15) is 0 Å². The molecule has 1 aromatic rings. The fourth-order valence-electron chi connectivity index (χ4n) is 1.64. The minimum Gasteiger partial charge on any atom is -0.320 e. The average Bonchev–Trinajstić information content (AvgIpc) is 2.29. The number of rotatable bonds is 4. The van der Waals surface area contributed by atoms with Gasteiger partial charge in [-0.25, -0.2) is 0 Å². The fraction of sp³-hybridized carbons (Fsp3) is 0.462. The summed E-state index contributed by atoms with van der Waals surface area (Å²) in [6.07, 6.45) is 0.668. The van der Waals surface area contributed by atoms with Crippen LogP contribution in [0.5, 0.6) is 0 Å². The van der Waals surface area contributed by atoms with Crippen molar-refractivity contribution < 1.29 is 4.79 Å². The second-order valence-electron chi connectivity index (χ2n) is 3.94. The first kappa shape index (κ1) is 12.7. The normalized spacial score (nSPS) is 12.2. The van der Waals surface area contributed by atoms with Crippen LogP contribution >= 0.6 is 0 Å². The molecule has 1 rings (SSSR count). The van der Waals surface area contributed by atoms with Crippen molar-refractivity contribution in [3.05, 3.63) is 29.8 Å². The Morgan fingerprint density at radius 3 is 2.62 bits per heavy atom. The fourth-order valence-corrected chi connectivity index (χ4v) is 1.64. The van der Waals surface area contributed by atoms with E-state index in [0.717, 1.165) is 11.3 Å². The lowest BCUT2D eigenvalue weighted by Crippen LogP contribution is -2.43. The quantitative estimate of drug-likeness (QED) is 0.844. The maximum atomic E-state index is 12.0. The Bertz CT molecular complexity index is 363. The van der Waals surface area contributed by atoms with Gasteiger partial charge in [0.05, 0.1) is 6.04 Å². The molecule has 0 unspecified atom stereocenters. The van der Waals surface area contributed by atoms with Crippen molar-refractivity contribution in [3.8, 4) is 0 Å². The summed E-state index contributed by atoms with van der Waals surface area (Å²) in [6.45, 7) is 6.55. The Hall–Kier alpha value is -1.35. The summed E-state index contributed by atoms with van der Waals surface area (Å²) < 4.78 is 0. The number of carbonyl (C=O) groups excluding carboxylic acids is 1. The van der Waals surface area contributed by atoms with Gasteiger partial charge >= 0.3 is 0 Å². The molecule has 0 aromatic heterocycles. The summed E-state index contributed by atoms with van der Waals surface area (Å²) in [6, 6.07) is 7.51. The van der Waals surface area contributed by atoms with Gasteiger partial charge in [0.2, 0.25) is 5.91 Å². The largest absolute Gasteiger partial charge is 0.320 e. The molecular formula is C13H20N2O. The molecule has 0 spiro atoms. The van der Waals surface area contributed by atoms with E-state index in [4.69, 9.17) is 5.73 Å². The van der Waals surface area contributed by atoms with E-state index in [1.54, 1.807) is 4.90 Å². The van der Waals surface area contributed by atoms with Crippen molar-refractivity contribution >= 4 is 11.6 Å². The Morgan fingerprint density at radius 1 is 1.44 bits per heavy atom. The van der Waals surface area contributed by atoms with Crippen molar-refractivity contribution in [2.45, 2.75) is 33.2 Å². The van der Waals surface area contributed by atoms with Gasteiger partial charge in [-0.2, -0.15) is 0 Å². The number of nitrogens with zero attached hydrogens (tertiary/aromatic N) is 1.